The largest absolute Gasteiger partial charge is 0.353 e. The minimum atomic E-state index is -0.316. The van der Waals surface area contributed by atoms with E-state index in [4.69, 9.17) is 4.98 Å². The van der Waals surface area contributed by atoms with Crippen LogP contribution in [0.15, 0.2) is 66.9 Å². The van der Waals surface area contributed by atoms with Crippen molar-refractivity contribution >= 4 is 11.7 Å². The van der Waals surface area contributed by atoms with E-state index in [0.717, 1.165) is 41.3 Å². The maximum Gasteiger partial charge on any atom is 0.222 e. The van der Waals surface area contributed by atoms with Gasteiger partial charge in [-0.2, -0.15) is 0 Å². The Morgan fingerprint density at radius 2 is 1.54 bits per heavy atom. The van der Waals surface area contributed by atoms with Crippen LogP contribution in [-0.4, -0.2) is 51.9 Å². The van der Waals surface area contributed by atoms with Crippen molar-refractivity contribution in [1.29, 1.82) is 0 Å². The molecule has 0 unspecified atom stereocenters. The number of imidazole rings is 1. The molecule has 0 bridgehead atoms. The first-order valence-corrected chi connectivity index (χ1v) is 12.5. The summed E-state index contributed by atoms with van der Waals surface area (Å²) in [5.74, 6) is 1.06. The van der Waals surface area contributed by atoms with Crippen molar-refractivity contribution in [3.8, 4) is 22.6 Å². The number of benzene rings is 2. The second-order valence-corrected chi connectivity index (χ2v) is 9.34. The van der Waals surface area contributed by atoms with Crippen LogP contribution >= 0.6 is 0 Å². The van der Waals surface area contributed by atoms with E-state index in [1.807, 2.05) is 24.1 Å². The fourth-order valence-electron chi connectivity index (χ4n) is 4.59. The Kier molecular flexibility index (Phi) is 7.25. The second-order valence-electron chi connectivity index (χ2n) is 9.34. The molecule has 5 rings (SSSR count). The summed E-state index contributed by atoms with van der Waals surface area (Å²) >= 11 is 0. The Balaban J connectivity index is 1.22. The van der Waals surface area contributed by atoms with Gasteiger partial charge in [0.1, 0.15) is 23.3 Å². The molecule has 1 fully saturated rings. The molecule has 3 heterocycles. The molecular weight excluding hydrogens is 472 g/mol. The van der Waals surface area contributed by atoms with Gasteiger partial charge in [-0.1, -0.05) is 6.07 Å². The van der Waals surface area contributed by atoms with Crippen LogP contribution in [0.5, 0.6) is 0 Å². The number of aromatic amines is 1. The zero-order chi connectivity index (χ0) is 25.8. The quantitative estimate of drug-likeness (QED) is 0.369. The maximum atomic E-state index is 13.5. The summed E-state index contributed by atoms with van der Waals surface area (Å²) in [5.41, 5.74) is 4.25. The summed E-state index contributed by atoms with van der Waals surface area (Å²) in [6.45, 7) is 4.89. The molecule has 0 radical (unpaired) electrons. The number of aromatic nitrogens is 3. The van der Waals surface area contributed by atoms with Gasteiger partial charge in [-0.25, -0.2) is 18.7 Å². The van der Waals surface area contributed by atoms with E-state index in [2.05, 4.69) is 20.9 Å². The number of rotatable bonds is 7. The minimum Gasteiger partial charge on any atom is -0.353 e. The molecule has 2 aromatic carbocycles. The Labute approximate surface area is 215 Å². The molecule has 37 heavy (non-hydrogen) atoms. The number of halogens is 2. The Hall–Kier alpha value is -4.07. The molecule has 1 amide bonds. The van der Waals surface area contributed by atoms with Crippen LogP contribution in [0.2, 0.25) is 0 Å². The Morgan fingerprint density at radius 1 is 0.892 bits per heavy atom. The Bertz CT molecular complexity index is 1340. The second kappa shape index (κ2) is 10.9. The minimum absolute atomic E-state index is 0.137. The summed E-state index contributed by atoms with van der Waals surface area (Å²) in [6.07, 6.45) is 3.55. The van der Waals surface area contributed by atoms with Gasteiger partial charge >= 0.3 is 0 Å². The lowest BCUT2D eigenvalue weighted by molar-refractivity contribution is -0.131. The third-order valence-corrected chi connectivity index (χ3v) is 6.68. The molecule has 4 aromatic rings. The standard InChI is InChI=1S/C29H29F2N5O/c1-20-5-14-26(32-19-20)35-15-17-36(18-16-35)27(37)4-2-3-25-28(21-6-10-23(30)11-7-21)34-29(33-25)22-8-12-24(31)13-9-22/h5-14,19H,2-4,15-18H2,1H3,(H,33,34). The van der Waals surface area contributed by atoms with Gasteiger partial charge < -0.3 is 14.8 Å². The number of carbonyl (C=O) groups is 1. The number of hydrogen-bond donors (Lipinski definition) is 1. The van der Waals surface area contributed by atoms with E-state index >= 15 is 0 Å². The topological polar surface area (TPSA) is 65.1 Å². The highest BCUT2D eigenvalue weighted by Crippen LogP contribution is 2.28. The first-order valence-electron chi connectivity index (χ1n) is 12.5. The van der Waals surface area contributed by atoms with Gasteiger partial charge in [-0.3, -0.25) is 4.79 Å². The monoisotopic (exact) mass is 501 g/mol. The summed E-state index contributed by atoms with van der Waals surface area (Å²) in [7, 11) is 0. The van der Waals surface area contributed by atoms with E-state index < -0.39 is 0 Å². The molecule has 1 aliphatic heterocycles. The molecule has 0 saturated carbocycles. The number of aryl methyl sites for hydroxylation is 2. The third kappa shape index (κ3) is 5.85. The van der Waals surface area contributed by atoms with Crippen LogP contribution < -0.4 is 4.90 Å². The molecule has 0 aliphatic carbocycles. The number of H-pyrrole nitrogens is 1. The average Bonchev–Trinajstić information content (AvgIpc) is 3.34. The Morgan fingerprint density at radius 3 is 2.16 bits per heavy atom. The van der Waals surface area contributed by atoms with Gasteiger partial charge in [0.2, 0.25) is 5.91 Å². The molecule has 8 heteroatoms. The lowest BCUT2D eigenvalue weighted by Crippen LogP contribution is -2.49. The van der Waals surface area contributed by atoms with E-state index in [9.17, 15) is 13.6 Å². The van der Waals surface area contributed by atoms with E-state index in [1.165, 1.54) is 24.3 Å². The van der Waals surface area contributed by atoms with Crippen molar-refractivity contribution in [2.24, 2.45) is 0 Å². The highest BCUT2D eigenvalue weighted by Gasteiger charge is 2.22. The normalized spacial score (nSPS) is 13.7. The first-order chi connectivity index (χ1) is 18.0. The summed E-state index contributed by atoms with van der Waals surface area (Å²) in [5, 5.41) is 0. The number of anilines is 1. The smallest absolute Gasteiger partial charge is 0.222 e. The van der Waals surface area contributed by atoms with Crippen LogP contribution in [0.1, 0.15) is 24.1 Å². The van der Waals surface area contributed by atoms with Gasteiger partial charge in [0.15, 0.2) is 0 Å². The van der Waals surface area contributed by atoms with Crippen molar-refractivity contribution in [3.63, 3.8) is 0 Å². The lowest BCUT2D eigenvalue weighted by Gasteiger charge is -2.35. The van der Waals surface area contributed by atoms with Crippen molar-refractivity contribution in [1.82, 2.24) is 19.9 Å². The fraction of sp³-hybridized carbons (Fsp3) is 0.276. The molecular formula is C29H29F2N5O. The van der Waals surface area contributed by atoms with Crippen molar-refractivity contribution in [2.45, 2.75) is 26.2 Å². The van der Waals surface area contributed by atoms with Crippen LogP contribution in [-0.2, 0) is 11.2 Å². The van der Waals surface area contributed by atoms with E-state index in [0.29, 0.717) is 43.9 Å². The van der Waals surface area contributed by atoms with Gasteiger partial charge in [0, 0.05) is 55.6 Å². The van der Waals surface area contributed by atoms with Crippen molar-refractivity contribution < 1.29 is 13.6 Å². The molecule has 1 saturated heterocycles. The highest BCUT2D eigenvalue weighted by molar-refractivity contribution is 5.76. The van der Waals surface area contributed by atoms with Crippen LogP contribution in [0.3, 0.4) is 0 Å². The SMILES string of the molecule is Cc1ccc(N2CCN(C(=O)CCCc3[nH]c(-c4ccc(F)cc4)nc3-c3ccc(F)cc3)CC2)nc1. The number of piperazine rings is 1. The lowest BCUT2D eigenvalue weighted by atomic mass is 10.1. The number of nitrogens with one attached hydrogen (secondary N) is 1. The van der Waals surface area contributed by atoms with Crippen LogP contribution in [0, 0.1) is 18.6 Å². The number of amides is 1. The van der Waals surface area contributed by atoms with Gasteiger partial charge in [-0.05, 0) is 79.9 Å². The first kappa shape index (κ1) is 24.6. The van der Waals surface area contributed by atoms with E-state index in [1.54, 1.807) is 24.3 Å². The van der Waals surface area contributed by atoms with Crippen molar-refractivity contribution in [3.05, 3.63) is 89.8 Å². The number of hydrogen-bond acceptors (Lipinski definition) is 4. The number of carbonyl (C=O) groups excluding carboxylic acids is 1. The van der Waals surface area contributed by atoms with E-state index in [-0.39, 0.29) is 17.5 Å². The van der Waals surface area contributed by atoms with Gasteiger partial charge in [-0.15, -0.1) is 0 Å². The average molecular weight is 502 g/mol. The molecule has 1 N–H and O–H groups in total. The number of nitrogens with zero attached hydrogens (tertiary/aromatic N) is 4. The molecule has 1 aliphatic rings. The van der Waals surface area contributed by atoms with Crippen LogP contribution in [0.4, 0.5) is 14.6 Å². The fourth-order valence-corrected chi connectivity index (χ4v) is 4.59. The third-order valence-electron chi connectivity index (χ3n) is 6.68. The predicted molar refractivity (Wildman–Crippen MR) is 140 cm³/mol. The molecule has 6 nitrogen and oxygen atoms in total. The zero-order valence-electron chi connectivity index (χ0n) is 20.8. The molecule has 190 valence electrons. The molecule has 2 aromatic heterocycles. The molecule has 0 spiro atoms. The number of pyridine rings is 1. The van der Waals surface area contributed by atoms with Gasteiger partial charge in [0.25, 0.3) is 0 Å². The summed E-state index contributed by atoms with van der Waals surface area (Å²) in [6, 6.07) is 16.4. The van der Waals surface area contributed by atoms with Crippen molar-refractivity contribution in [2.75, 3.05) is 31.1 Å². The zero-order valence-corrected chi connectivity index (χ0v) is 20.8. The predicted octanol–water partition coefficient (Wildman–Crippen LogP) is 5.40. The summed E-state index contributed by atoms with van der Waals surface area (Å²) < 4.78 is 26.9. The summed E-state index contributed by atoms with van der Waals surface area (Å²) in [4.78, 5) is 29.6. The van der Waals surface area contributed by atoms with Gasteiger partial charge in [0.05, 0.1) is 5.69 Å². The van der Waals surface area contributed by atoms with Crippen LogP contribution in [0.25, 0.3) is 22.6 Å². The maximum absolute atomic E-state index is 13.5. The highest BCUT2D eigenvalue weighted by atomic mass is 19.1. The molecule has 0 atom stereocenters.